The van der Waals surface area contributed by atoms with Crippen LogP contribution < -0.4 is 5.32 Å². The first-order valence-electron chi connectivity index (χ1n) is 7.78. The van der Waals surface area contributed by atoms with E-state index in [2.05, 4.69) is 47.5 Å². The van der Waals surface area contributed by atoms with Crippen molar-refractivity contribution < 1.29 is 0 Å². The quantitative estimate of drug-likeness (QED) is 0.873. The molecule has 1 saturated heterocycles. The maximum Gasteiger partial charge on any atom is 0.0309 e. The summed E-state index contributed by atoms with van der Waals surface area (Å²) in [7, 11) is 0. The van der Waals surface area contributed by atoms with E-state index in [0.29, 0.717) is 5.54 Å². The van der Waals surface area contributed by atoms with Crippen molar-refractivity contribution in [3.63, 3.8) is 0 Å². The number of aryl methyl sites for hydroxylation is 1. The van der Waals surface area contributed by atoms with Crippen molar-refractivity contribution in [1.82, 2.24) is 10.2 Å². The average molecular weight is 258 g/mol. The second-order valence-corrected chi connectivity index (χ2v) is 6.48. The van der Waals surface area contributed by atoms with Crippen molar-refractivity contribution in [2.45, 2.75) is 38.1 Å². The van der Waals surface area contributed by atoms with Gasteiger partial charge in [0, 0.05) is 25.2 Å². The highest BCUT2D eigenvalue weighted by Gasteiger charge is 2.43. The Hall–Kier alpha value is -0.860. The molecule has 3 rings (SSSR count). The molecular weight excluding hydrogens is 232 g/mol. The molecule has 0 bridgehead atoms. The van der Waals surface area contributed by atoms with Crippen molar-refractivity contribution >= 4 is 0 Å². The molecular formula is C17H26N2. The zero-order chi connectivity index (χ0) is 13.1. The molecule has 1 aromatic carbocycles. The van der Waals surface area contributed by atoms with E-state index in [1.165, 1.54) is 57.4 Å². The van der Waals surface area contributed by atoms with Gasteiger partial charge in [0.05, 0.1) is 0 Å². The highest BCUT2D eigenvalue weighted by molar-refractivity contribution is 5.14. The van der Waals surface area contributed by atoms with Gasteiger partial charge in [0.25, 0.3) is 0 Å². The summed E-state index contributed by atoms with van der Waals surface area (Å²) in [6.07, 6.45) is 5.36. The Morgan fingerprint density at radius 1 is 1.26 bits per heavy atom. The van der Waals surface area contributed by atoms with E-state index in [1.54, 1.807) is 0 Å². The molecule has 1 heterocycles. The maximum atomic E-state index is 3.75. The first-order valence-corrected chi connectivity index (χ1v) is 7.78. The third kappa shape index (κ3) is 3.37. The normalized spacial score (nSPS) is 28.5. The van der Waals surface area contributed by atoms with Gasteiger partial charge in [-0.3, -0.25) is 0 Å². The van der Waals surface area contributed by atoms with Gasteiger partial charge in [-0.15, -0.1) is 0 Å². The van der Waals surface area contributed by atoms with Crippen LogP contribution in [0.3, 0.4) is 0 Å². The van der Waals surface area contributed by atoms with Crippen LogP contribution in [0.25, 0.3) is 0 Å². The topological polar surface area (TPSA) is 15.3 Å². The number of hydrogen-bond acceptors (Lipinski definition) is 2. The number of benzene rings is 1. The molecule has 1 aromatic rings. The van der Waals surface area contributed by atoms with E-state index in [1.807, 2.05) is 0 Å². The zero-order valence-electron chi connectivity index (χ0n) is 12.1. The third-order valence-corrected chi connectivity index (χ3v) is 4.77. The third-order valence-electron chi connectivity index (χ3n) is 4.77. The van der Waals surface area contributed by atoms with Crippen molar-refractivity contribution in [3.05, 3.63) is 35.9 Å². The second-order valence-electron chi connectivity index (χ2n) is 6.48. The van der Waals surface area contributed by atoms with Gasteiger partial charge in [-0.25, -0.2) is 0 Å². The molecule has 2 nitrogen and oxygen atoms in total. The van der Waals surface area contributed by atoms with Crippen LogP contribution in [0.2, 0.25) is 0 Å². The Labute approximate surface area is 117 Å². The highest BCUT2D eigenvalue weighted by Crippen LogP contribution is 2.40. The van der Waals surface area contributed by atoms with Crippen LogP contribution in [0.4, 0.5) is 0 Å². The fourth-order valence-corrected chi connectivity index (χ4v) is 3.44. The summed E-state index contributed by atoms with van der Waals surface area (Å²) in [4.78, 5) is 2.66. The van der Waals surface area contributed by atoms with Crippen molar-refractivity contribution in [1.29, 1.82) is 0 Å². The Kier molecular flexibility index (Phi) is 3.90. The molecule has 0 aromatic heterocycles. The van der Waals surface area contributed by atoms with Crippen LogP contribution >= 0.6 is 0 Å². The highest BCUT2D eigenvalue weighted by atomic mass is 15.2. The van der Waals surface area contributed by atoms with Gasteiger partial charge in [0.15, 0.2) is 0 Å². The first-order chi connectivity index (χ1) is 9.26. The smallest absolute Gasteiger partial charge is 0.0309 e. The molecule has 2 fully saturated rings. The average Bonchev–Trinajstić information content (AvgIpc) is 3.25. The molecule has 19 heavy (non-hydrogen) atoms. The minimum Gasteiger partial charge on any atom is -0.309 e. The minimum absolute atomic E-state index is 0.394. The standard InChI is InChI=1S/C17H26N2/c1-17(16-9-10-16)14-19(13-11-18-17)12-5-8-15-6-3-2-4-7-15/h2-4,6-7,16,18H,5,8-14H2,1H3. The molecule has 1 N–H and O–H groups in total. The van der Waals surface area contributed by atoms with Gasteiger partial charge in [-0.2, -0.15) is 0 Å². The molecule has 1 aliphatic carbocycles. The van der Waals surface area contributed by atoms with Gasteiger partial charge in [-0.05, 0) is 50.6 Å². The summed E-state index contributed by atoms with van der Waals surface area (Å²) in [5, 5.41) is 3.75. The number of piperazine rings is 1. The Bertz CT molecular complexity index is 399. The van der Waals surface area contributed by atoms with Crippen LogP contribution in [0, 0.1) is 5.92 Å². The number of nitrogens with one attached hydrogen (secondary N) is 1. The molecule has 2 heteroatoms. The lowest BCUT2D eigenvalue weighted by molar-refractivity contribution is 0.126. The molecule has 0 spiro atoms. The summed E-state index contributed by atoms with van der Waals surface area (Å²) in [5.41, 5.74) is 1.87. The van der Waals surface area contributed by atoms with Gasteiger partial charge < -0.3 is 10.2 Å². The zero-order valence-corrected chi connectivity index (χ0v) is 12.1. The maximum absolute atomic E-state index is 3.75. The Balaban J connectivity index is 1.45. The van der Waals surface area contributed by atoms with Crippen molar-refractivity contribution in [2.75, 3.05) is 26.2 Å². The molecule has 1 unspecified atom stereocenters. The summed E-state index contributed by atoms with van der Waals surface area (Å²) < 4.78 is 0. The van der Waals surface area contributed by atoms with Gasteiger partial charge >= 0.3 is 0 Å². The predicted octanol–water partition coefficient (Wildman–Crippen LogP) is 2.69. The lowest BCUT2D eigenvalue weighted by Crippen LogP contribution is -2.60. The van der Waals surface area contributed by atoms with Gasteiger partial charge in [0.1, 0.15) is 0 Å². The van der Waals surface area contributed by atoms with E-state index >= 15 is 0 Å². The second kappa shape index (κ2) is 5.64. The Morgan fingerprint density at radius 2 is 2.05 bits per heavy atom. The van der Waals surface area contributed by atoms with E-state index < -0.39 is 0 Å². The van der Waals surface area contributed by atoms with Crippen LogP contribution in [-0.4, -0.2) is 36.6 Å². The first kappa shape index (κ1) is 13.1. The van der Waals surface area contributed by atoms with Crippen molar-refractivity contribution in [3.8, 4) is 0 Å². The number of nitrogens with zero attached hydrogens (tertiary/aromatic N) is 1. The number of hydrogen-bond donors (Lipinski definition) is 1. The van der Waals surface area contributed by atoms with Crippen LogP contribution in [-0.2, 0) is 6.42 Å². The lowest BCUT2D eigenvalue weighted by Gasteiger charge is -2.42. The number of rotatable bonds is 5. The molecule has 1 saturated carbocycles. The molecule has 1 aliphatic heterocycles. The fourth-order valence-electron chi connectivity index (χ4n) is 3.44. The monoisotopic (exact) mass is 258 g/mol. The summed E-state index contributed by atoms with van der Waals surface area (Å²) in [6, 6.07) is 10.9. The summed E-state index contributed by atoms with van der Waals surface area (Å²) in [6.45, 7) is 7.30. The summed E-state index contributed by atoms with van der Waals surface area (Å²) >= 11 is 0. The minimum atomic E-state index is 0.394. The SMILES string of the molecule is CC1(C2CC2)CN(CCCc2ccccc2)CCN1. The van der Waals surface area contributed by atoms with Crippen LogP contribution in [0.5, 0.6) is 0 Å². The lowest BCUT2D eigenvalue weighted by atomic mass is 9.93. The fraction of sp³-hybridized carbons (Fsp3) is 0.647. The van der Waals surface area contributed by atoms with E-state index in [4.69, 9.17) is 0 Å². The van der Waals surface area contributed by atoms with E-state index in [0.717, 1.165) is 5.92 Å². The summed E-state index contributed by atoms with van der Waals surface area (Å²) in [5.74, 6) is 0.935. The molecule has 0 radical (unpaired) electrons. The van der Waals surface area contributed by atoms with E-state index in [9.17, 15) is 0 Å². The molecule has 1 atom stereocenters. The van der Waals surface area contributed by atoms with E-state index in [-0.39, 0.29) is 0 Å². The van der Waals surface area contributed by atoms with Crippen LogP contribution in [0.15, 0.2) is 30.3 Å². The Morgan fingerprint density at radius 3 is 2.79 bits per heavy atom. The predicted molar refractivity (Wildman–Crippen MR) is 80.3 cm³/mol. The molecule has 104 valence electrons. The molecule has 0 amide bonds. The van der Waals surface area contributed by atoms with Crippen LogP contribution in [0.1, 0.15) is 31.7 Å². The van der Waals surface area contributed by atoms with Crippen molar-refractivity contribution in [2.24, 2.45) is 5.92 Å². The largest absolute Gasteiger partial charge is 0.309 e. The van der Waals surface area contributed by atoms with Gasteiger partial charge in [-0.1, -0.05) is 30.3 Å². The van der Waals surface area contributed by atoms with Gasteiger partial charge in [0.2, 0.25) is 0 Å². The molecule has 2 aliphatic rings.